The molecule has 0 spiro atoms. The normalized spacial score (nSPS) is 10.1. The Balaban J connectivity index is 2.08. The number of nitrogens with one attached hydrogen (secondary N) is 1. The summed E-state index contributed by atoms with van der Waals surface area (Å²) < 4.78 is 18.2. The van der Waals surface area contributed by atoms with E-state index >= 15 is 0 Å². The van der Waals surface area contributed by atoms with Crippen molar-refractivity contribution in [2.24, 2.45) is 0 Å². The summed E-state index contributed by atoms with van der Waals surface area (Å²) in [5.41, 5.74) is 0.346. The maximum atomic E-state index is 13.1. The minimum Gasteiger partial charge on any atom is -0.495 e. The topological polar surface area (TPSA) is 38.3 Å². The zero-order valence-corrected chi connectivity index (χ0v) is 10.6. The van der Waals surface area contributed by atoms with Gasteiger partial charge < -0.3 is 10.1 Å². The van der Waals surface area contributed by atoms with Gasteiger partial charge in [0.2, 0.25) is 5.91 Å². The summed E-state index contributed by atoms with van der Waals surface area (Å²) in [6, 6.07) is 7.78. The van der Waals surface area contributed by atoms with E-state index in [4.69, 9.17) is 4.74 Å². The zero-order chi connectivity index (χ0) is 13.0. The van der Waals surface area contributed by atoms with E-state index < -0.39 is 5.82 Å². The number of thiophene rings is 1. The molecular formula is C13H12FNO2S. The van der Waals surface area contributed by atoms with Crippen LogP contribution in [0.2, 0.25) is 0 Å². The third-order valence-electron chi connectivity index (χ3n) is 2.35. The van der Waals surface area contributed by atoms with Crippen molar-refractivity contribution in [1.82, 2.24) is 0 Å². The molecule has 0 fully saturated rings. The number of ether oxygens (including phenoxy) is 1. The highest BCUT2D eigenvalue weighted by molar-refractivity contribution is 7.10. The zero-order valence-electron chi connectivity index (χ0n) is 9.77. The quantitative estimate of drug-likeness (QED) is 0.922. The molecule has 0 aliphatic carbocycles. The Labute approximate surface area is 108 Å². The molecule has 0 atom stereocenters. The van der Waals surface area contributed by atoms with Crippen LogP contribution in [0.25, 0.3) is 0 Å². The van der Waals surface area contributed by atoms with Crippen molar-refractivity contribution >= 4 is 22.9 Å². The average molecular weight is 265 g/mol. The van der Waals surface area contributed by atoms with Gasteiger partial charge in [0.25, 0.3) is 0 Å². The van der Waals surface area contributed by atoms with E-state index in [0.717, 1.165) is 4.88 Å². The molecule has 3 nitrogen and oxygen atoms in total. The summed E-state index contributed by atoms with van der Waals surface area (Å²) in [4.78, 5) is 12.7. The Hall–Kier alpha value is -1.88. The smallest absolute Gasteiger partial charge is 0.229 e. The number of hydrogen-bond acceptors (Lipinski definition) is 3. The molecule has 5 heteroatoms. The number of rotatable bonds is 4. The van der Waals surface area contributed by atoms with Crippen LogP contribution in [0.4, 0.5) is 10.1 Å². The van der Waals surface area contributed by atoms with Gasteiger partial charge in [-0.3, -0.25) is 4.79 Å². The number of anilines is 1. The highest BCUT2D eigenvalue weighted by atomic mass is 32.1. The van der Waals surface area contributed by atoms with Gasteiger partial charge in [-0.05, 0) is 23.6 Å². The van der Waals surface area contributed by atoms with Crippen molar-refractivity contribution in [3.05, 3.63) is 46.4 Å². The van der Waals surface area contributed by atoms with Crippen LogP contribution in [0.3, 0.4) is 0 Å². The number of carbonyl (C=O) groups is 1. The van der Waals surface area contributed by atoms with E-state index in [-0.39, 0.29) is 12.3 Å². The van der Waals surface area contributed by atoms with Gasteiger partial charge in [0.1, 0.15) is 11.6 Å². The van der Waals surface area contributed by atoms with Crippen LogP contribution in [-0.4, -0.2) is 13.0 Å². The van der Waals surface area contributed by atoms with E-state index in [1.165, 1.54) is 36.6 Å². The molecular weight excluding hydrogens is 253 g/mol. The SMILES string of the molecule is COc1ccc(F)cc1NC(=O)Cc1cccs1. The third-order valence-corrected chi connectivity index (χ3v) is 3.23. The molecule has 0 bridgehead atoms. The van der Waals surface area contributed by atoms with Gasteiger partial charge in [-0.15, -0.1) is 11.3 Å². The van der Waals surface area contributed by atoms with Crippen LogP contribution < -0.4 is 10.1 Å². The first-order valence-electron chi connectivity index (χ1n) is 5.35. The van der Waals surface area contributed by atoms with Crippen LogP contribution in [0, 0.1) is 5.82 Å². The third kappa shape index (κ3) is 3.07. The lowest BCUT2D eigenvalue weighted by Gasteiger charge is -2.09. The largest absolute Gasteiger partial charge is 0.495 e. The molecule has 1 aromatic carbocycles. The van der Waals surface area contributed by atoms with Gasteiger partial charge >= 0.3 is 0 Å². The van der Waals surface area contributed by atoms with Crippen LogP contribution in [-0.2, 0) is 11.2 Å². The van der Waals surface area contributed by atoms with Gasteiger partial charge in [-0.1, -0.05) is 6.07 Å². The van der Waals surface area contributed by atoms with E-state index in [1.807, 2.05) is 17.5 Å². The first-order chi connectivity index (χ1) is 8.69. The van der Waals surface area contributed by atoms with Crippen LogP contribution in [0.1, 0.15) is 4.88 Å². The standard InChI is InChI=1S/C13H12FNO2S/c1-17-12-5-4-9(14)7-11(12)15-13(16)8-10-3-2-6-18-10/h2-7H,8H2,1H3,(H,15,16). The summed E-state index contributed by atoms with van der Waals surface area (Å²) in [7, 11) is 1.47. The molecule has 1 N–H and O–H groups in total. The minimum atomic E-state index is -0.415. The summed E-state index contributed by atoms with van der Waals surface area (Å²) in [5.74, 6) is -0.167. The first kappa shape index (κ1) is 12.6. The van der Waals surface area contributed by atoms with Crippen LogP contribution in [0.15, 0.2) is 35.7 Å². The van der Waals surface area contributed by atoms with Crippen LogP contribution >= 0.6 is 11.3 Å². The molecule has 2 rings (SSSR count). The van der Waals surface area contributed by atoms with Crippen molar-refractivity contribution < 1.29 is 13.9 Å². The summed E-state index contributed by atoms with van der Waals surface area (Å²) in [6.45, 7) is 0. The molecule has 0 radical (unpaired) electrons. The maximum absolute atomic E-state index is 13.1. The van der Waals surface area contributed by atoms with E-state index in [2.05, 4.69) is 5.32 Å². The molecule has 1 amide bonds. The Bertz CT molecular complexity index is 540. The van der Waals surface area contributed by atoms with Gasteiger partial charge in [0.15, 0.2) is 0 Å². The molecule has 2 aromatic rings. The number of halogens is 1. The highest BCUT2D eigenvalue weighted by Gasteiger charge is 2.09. The molecule has 18 heavy (non-hydrogen) atoms. The van der Waals surface area contributed by atoms with Crippen molar-refractivity contribution in [3.63, 3.8) is 0 Å². The lowest BCUT2D eigenvalue weighted by atomic mass is 10.2. The summed E-state index contributed by atoms with van der Waals surface area (Å²) in [6.07, 6.45) is 0.275. The Morgan fingerprint density at radius 3 is 2.94 bits per heavy atom. The van der Waals surface area contributed by atoms with Crippen molar-refractivity contribution in [2.75, 3.05) is 12.4 Å². The number of amides is 1. The average Bonchev–Trinajstić information content (AvgIpc) is 2.82. The molecule has 1 heterocycles. The first-order valence-corrected chi connectivity index (χ1v) is 6.23. The monoisotopic (exact) mass is 265 g/mol. The fraction of sp³-hybridized carbons (Fsp3) is 0.154. The predicted octanol–water partition coefficient (Wildman–Crippen LogP) is 3.08. The molecule has 0 saturated carbocycles. The van der Waals surface area contributed by atoms with Gasteiger partial charge in [-0.2, -0.15) is 0 Å². The molecule has 0 unspecified atom stereocenters. The maximum Gasteiger partial charge on any atom is 0.229 e. The Kier molecular flexibility index (Phi) is 3.94. The van der Waals surface area contributed by atoms with E-state index in [1.54, 1.807) is 0 Å². The number of benzene rings is 1. The summed E-state index contributed by atoms with van der Waals surface area (Å²) in [5, 5.41) is 4.55. The second kappa shape index (κ2) is 5.64. The van der Waals surface area contributed by atoms with Crippen molar-refractivity contribution in [1.29, 1.82) is 0 Å². The summed E-state index contributed by atoms with van der Waals surface area (Å²) >= 11 is 1.51. The lowest BCUT2D eigenvalue weighted by molar-refractivity contribution is -0.115. The Morgan fingerprint density at radius 2 is 2.28 bits per heavy atom. The van der Waals surface area contributed by atoms with E-state index in [0.29, 0.717) is 11.4 Å². The molecule has 0 aliphatic heterocycles. The molecule has 1 aromatic heterocycles. The molecule has 94 valence electrons. The Morgan fingerprint density at radius 1 is 1.44 bits per heavy atom. The van der Waals surface area contributed by atoms with E-state index in [9.17, 15) is 9.18 Å². The highest BCUT2D eigenvalue weighted by Crippen LogP contribution is 2.25. The fourth-order valence-corrected chi connectivity index (χ4v) is 2.25. The van der Waals surface area contributed by atoms with Crippen molar-refractivity contribution in [2.45, 2.75) is 6.42 Å². The fourth-order valence-electron chi connectivity index (χ4n) is 1.54. The van der Waals surface area contributed by atoms with Crippen LogP contribution in [0.5, 0.6) is 5.75 Å². The number of methoxy groups -OCH3 is 1. The van der Waals surface area contributed by atoms with Crippen molar-refractivity contribution in [3.8, 4) is 5.75 Å². The molecule has 0 saturated heterocycles. The van der Waals surface area contributed by atoms with Gasteiger partial charge in [-0.25, -0.2) is 4.39 Å². The second-order valence-corrected chi connectivity index (χ2v) is 4.68. The predicted molar refractivity (Wildman–Crippen MR) is 69.6 cm³/mol. The number of carbonyl (C=O) groups excluding carboxylic acids is 1. The van der Waals surface area contributed by atoms with Gasteiger partial charge in [0, 0.05) is 10.9 Å². The van der Waals surface area contributed by atoms with Gasteiger partial charge in [0.05, 0.1) is 19.2 Å². The lowest BCUT2D eigenvalue weighted by Crippen LogP contribution is -2.14. The second-order valence-electron chi connectivity index (χ2n) is 3.65. The number of hydrogen-bond donors (Lipinski definition) is 1. The molecule has 0 aliphatic rings. The minimum absolute atomic E-state index is 0.193.